The van der Waals surface area contributed by atoms with Crippen LogP contribution in [0.4, 0.5) is 28.9 Å². The van der Waals surface area contributed by atoms with Crippen molar-refractivity contribution in [3.63, 3.8) is 0 Å². The Kier molecular flexibility index (Phi) is 28.8. The van der Waals surface area contributed by atoms with Gasteiger partial charge in [-0.2, -0.15) is 35.4 Å². The van der Waals surface area contributed by atoms with Crippen molar-refractivity contribution < 1.29 is 39.3 Å². The van der Waals surface area contributed by atoms with Gasteiger partial charge in [-0.1, -0.05) is 121 Å². The van der Waals surface area contributed by atoms with Crippen molar-refractivity contribution >= 4 is 11.4 Å². The summed E-state index contributed by atoms with van der Waals surface area (Å²) in [6, 6.07) is 26.5. The maximum Gasteiger partial charge on any atom is 4.00 e. The predicted molar refractivity (Wildman–Crippen MR) is 234 cm³/mol. The van der Waals surface area contributed by atoms with Crippen molar-refractivity contribution in [2.45, 2.75) is 146 Å². The number of hydrogen-bond donors (Lipinski definition) is 0. The van der Waals surface area contributed by atoms with Crippen molar-refractivity contribution in [2.24, 2.45) is 10.8 Å². The summed E-state index contributed by atoms with van der Waals surface area (Å²) in [5.41, 5.74) is 3.86. The van der Waals surface area contributed by atoms with E-state index in [1.54, 1.807) is 12.1 Å². The molecule has 4 rings (SSSR count). The summed E-state index contributed by atoms with van der Waals surface area (Å²) in [6.45, 7) is 24.9. The third kappa shape index (κ3) is 24.6. The van der Waals surface area contributed by atoms with Crippen molar-refractivity contribution in [3.05, 3.63) is 119 Å². The number of aryl methyl sites for hydroxylation is 2. The van der Waals surface area contributed by atoms with E-state index in [1.807, 2.05) is 24.3 Å². The normalized spacial score (nSPS) is 10.9. The Morgan fingerprint density at radius 2 is 0.842 bits per heavy atom. The number of anilines is 2. The summed E-state index contributed by atoms with van der Waals surface area (Å²) >= 11 is 0. The smallest absolute Gasteiger partial charge is 0.421 e. The molecule has 0 aromatic heterocycles. The summed E-state index contributed by atoms with van der Waals surface area (Å²) < 4.78 is 54.4. The van der Waals surface area contributed by atoms with E-state index in [9.17, 15) is 17.6 Å². The molecule has 0 unspecified atom stereocenters. The summed E-state index contributed by atoms with van der Waals surface area (Å²) in [5.74, 6) is -2.44. The zero-order valence-corrected chi connectivity index (χ0v) is 38.7. The van der Waals surface area contributed by atoms with Gasteiger partial charge in [0.05, 0.1) is 0 Å². The second-order valence-corrected chi connectivity index (χ2v) is 16.7. The van der Waals surface area contributed by atoms with Crippen LogP contribution in [0, 0.1) is 60.1 Å². The fourth-order valence-electron chi connectivity index (χ4n) is 6.87. The first-order valence-electron chi connectivity index (χ1n) is 21.2. The number of nitrogens with zero attached hydrogens (tertiary/aromatic N) is 2. The molecule has 0 saturated heterocycles. The molecule has 4 aromatic rings. The van der Waals surface area contributed by atoms with Gasteiger partial charge in [-0.15, -0.1) is 36.4 Å². The van der Waals surface area contributed by atoms with E-state index < -0.39 is 23.3 Å². The molecule has 0 bridgehead atoms. The quantitative estimate of drug-likeness (QED) is 0.0379. The molecule has 0 spiro atoms. The van der Waals surface area contributed by atoms with E-state index in [0.29, 0.717) is 11.4 Å². The third-order valence-corrected chi connectivity index (χ3v) is 9.68. The first-order valence-corrected chi connectivity index (χ1v) is 21.2. The summed E-state index contributed by atoms with van der Waals surface area (Å²) in [4.78, 5) is 4.13. The van der Waals surface area contributed by atoms with Crippen molar-refractivity contribution in [2.75, 3.05) is 36.0 Å². The molecule has 0 N–H and O–H groups in total. The van der Waals surface area contributed by atoms with Crippen LogP contribution in [0.1, 0.15) is 144 Å². The van der Waals surface area contributed by atoms with Crippen LogP contribution in [0.5, 0.6) is 0 Å². The van der Waals surface area contributed by atoms with E-state index in [2.05, 4.69) is 115 Å². The Bertz CT molecular complexity index is 1420. The third-order valence-electron chi connectivity index (χ3n) is 9.68. The topological polar surface area (TPSA) is 6.48 Å². The Hall–Kier alpha value is -2.83. The predicted octanol–water partition coefficient (Wildman–Crippen LogP) is 15.4. The molecule has 0 aliphatic rings. The Morgan fingerprint density at radius 1 is 0.509 bits per heavy atom. The molecular weight excluding hydrogens is 752 g/mol. The van der Waals surface area contributed by atoms with Crippen molar-refractivity contribution in [1.29, 1.82) is 0 Å². The zero-order chi connectivity index (χ0) is 42.0. The average Bonchev–Trinajstić information content (AvgIpc) is 3.81. The summed E-state index contributed by atoms with van der Waals surface area (Å²) in [5, 5.41) is 0. The molecule has 4 aromatic carbocycles. The summed E-state index contributed by atoms with van der Waals surface area (Å²) in [7, 11) is 0. The van der Waals surface area contributed by atoms with Crippen LogP contribution >= 0.6 is 0 Å². The fraction of sp³-hybridized carbons (Fsp3) is 0.560. The number of hydrogen-bond acceptors (Lipinski definition) is 2. The molecule has 0 radical (unpaired) electrons. The van der Waals surface area contributed by atoms with Gasteiger partial charge in [0.15, 0.2) is 0 Å². The molecule has 0 atom stereocenters. The van der Waals surface area contributed by atoms with Crippen LogP contribution in [-0.4, -0.2) is 26.2 Å². The van der Waals surface area contributed by atoms with Crippen molar-refractivity contribution in [3.8, 4) is 0 Å². The molecule has 57 heavy (non-hydrogen) atoms. The van der Waals surface area contributed by atoms with E-state index in [1.165, 1.54) is 48.9 Å². The van der Waals surface area contributed by atoms with E-state index in [0.717, 1.165) is 77.5 Å². The Morgan fingerprint density at radius 3 is 1.09 bits per heavy atom. The molecule has 0 saturated carbocycles. The number of halogens is 4. The van der Waals surface area contributed by atoms with E-state index in [4.69, 9.17) is 0 Å². The van der Waals surface area contributed by atoms with Crippen molar-refractivity contribution in [1.82, 2.24) is 0 Å². The maximum absolute atomic E-state index is 14.1. The van der Waals surface area contributed by atoms with Gasteiger partial charge in [0.1, 0.15) is 0 Å². The number of benzene rings is 2. The second-order valence-electron chi connectivity index (χ2n) is 16.7. The van der Waals surface area contributed by atoms with Gasteiger partial charge in [-0.05, 0) is 47.9 Å². The summed E-state index contributed by atoms with van der Waals surface area (Å²) in [6.07, 6.45) is 13.5. The molecule has 0 heterocycles. The minimum atomic E-state index is -0.639. The van der Waals surface area contributed by atoms with Crippen LogP contribution in [0.3, 0.4) is 0 Å². The van der Waals surface area contributed by atoms with Crippen LogP contribution in [-0.2, 0) is 21.7 Å². The minimum Gasteiger partial charge on any atom is -0.421 e. The number of rotatable bonds is 20. The first kappa shape index (κ1) is 54.2. The SMILES string of the molecule is CCCCCCN(CC(C)(C)CCC)c1ccc(F)[c-]c1F.CCCCCCN(CC(C)(C)CCC)c1ccc(F)[c-]c1F.C[c-]1cccc1.C[c-]1cccc1.[Ti+4]. The molecular formula is C50H74F4N2Ti. The standard InChI is InChI=1S/2C19H30F2N.2C6H7.Ti/c2*1-5-7-8-9-13-22(15-19(3,4)12-6-2)18-11-10-16(20)14-17(18)21;2*1-6-4-2-3-5-6;/h2*10-11H,5-9,12-13,15H2,1-4H3;2*2-5H,1H3;/q4*-1;+4. The molecule has 2 nitrogen and oxygen atoms in total. The molecule has 0 aliphatic heterocycles. The largest absolute Gasteiger partial charge is 4.00 e. The van der Waals surface area contributed by atoms with Gasteiger partial charge in [-0.3, -0.25) is 0 Å². The molecule has 316 valence electrons. The molecule has 0 amide bonds. The molecule has 0 aliphatic carbocycles. The zero-order valence-electron chi connectivity index (χ0n) is 37.1. The van der Waals surface area contributed by atoms with Gasteiger partial charge in [0.2, 0.25) is 0 Å². The second kappa shape index (κ2) is 30.2. The average molecular weight is 827 g/mol. The van der Waals surface area contributed by atoms with E-state index >= 15 is 0 Å². The Balaban J connectivity index is 0.000000836. The van der Waals surface area contributed by atoms with Crippen LogP contribution in [0.2, 0.25) is 0 Å². The van der Waals surface area contributed by atoms with Gasteiger partial charge >= 0.3 is 21.7 Å². The van der Waals surface area contributed by atoms with Gasteiger partial charge < -0.3 is 9.80 Å². The number of unbranched alkanes of at least 4 members (excludes halogenated alkanes) is 6. The van der Waals surface area contributed by atoms with Crippen LogP contribution < -0.4 is 9.80 Å². The van der Waals surface area contributed by atoms with Gasteiger partial charge in [-0.25, -0.2) is 41.8 Å². The first-order chi connectivity index (χ1) is 26.6. The maximum atomic E-state index is 14.1. The Labute approximate surface area is 361 Å². The fourth-order valence-corrected chi connectivity index (χ4v) is 6.87. The van der Waals surface area contributed by atoms with E-state index in [-0.39, 0.29) is 32.5 Å². The molecule has 0 fully saturated rings. The van der Waals surface area contributed by atoms with Gasteiger partial charge in [0, 0.05) is 49.4 Å². The van der Waals surface area contributed by atoms with Gasteiger partial charge in [0.25, 0.3) is 0 Å². The van der Waals surface area contributed by atoms with Crippen LogP contribution in [0.25, 0.3) is 0 Å². The monoisotopic (exact) mass is 827 g/mol. The van der Waals surface area contributed by atoms with Crippen LogP contribution in [0.15, 0.2) is 72.8 Å². The molecule has 7 heteroatoms. The minimum absolute atomic E-state index is 0.